The Kier molecular flexibility index (Phi) is 7.09. The van der Waals surface area contributed by atoms with Gasteiger partial charge in [0.1, 0.15) is 11.6 Å². The van der Waals surface area contributed by atoms with Crippen LogP contribution in [-0.2, 0) is 14.3 Å². The molecule has 0 saturated carbocycles. The van der Waals surface area contributed by atoms with E-state index in [1.807, 2.05) is 0 Å². The standard InChI is InChI=1S/C21H26ClN5O3/c22-17-10-25-19(27-21(28)15-2-1-5-30-13-15)8-16(17)18-11-23-12-20(26-18)24-9-14-3-6-29-7-4-14/h8,10-12,14-15H,1-7,9,13H2,(H,24,26)(H,25,27,28). The topological polar surface area (TPSA) is 98.3 Å². The third kappa shape index (κ3) is 5.44. The predicted molar refractivity (Wildman–Crippen MR) is 114 cm³/mol. The zero-order valence-corrected chi connectivity index (χ0v) is 17.5. The number of anilines is 2. The molecule has 0 aliphatic carbocycles. The first kappa shape index (κ1) is 21.0. The minimum atomic E-state index is -0.155. The Bertz CT molecular complexity index is 869. The second kappa shape index (κ2) is 10.1. The molecular weight excluding hydrogens is 406 g/mol. The highest BCUT2D eigenvalue weighted by Gasteiger charge is 2.22. The second-order valence-electron chi connectivity index (χ2n) is 7.68. The van der Waals surface area contributed by atoms with E-state index in [0.29, 0.717) is 47.0 Å². The third-order valence-electron chi connectivity index (χ3n) is 5.46. The number of carbonyl (C=O) groups excluding carboxylic acids is 1. The summed E-state index contributed by atoms with van der Waals surface area (Å²) < 4.78 is 10.8. The molecule has 2 aliphatic heterocycles. The zero-order chi connectivity index (χ0) is 20.8. The number of halogens is 1. The summed E-state index contributed by atoms with van der Waals surface area (Å²) in [6.45, 7) is 3.61. The van der Waals surface area contributed by atoms with Gasteiger partial charge in [-0.3, -0.25) is 9.78 Å². The molecule has 160 valence electrons. The molecule has 0 aromatic carbocycles. The maximum Gasteiger partial charge on any atom is 0.230 e. The van der Waals surface area contributed by atoms with Crippen LogP contribution in [0.25, 0.3) is 11.3 Å². The molecule has 2 aliphatic rings. The van der Waals surface area contributed by atoms with Crippen molar-refractivity contribution in [2.24, 2.45) is 11.8 Å². The fraction of sp³-hybridized carbons (Fsp3) is 0.524. The van der Waals surface area contributed by atoms with Gasteiger partial charge in [0.25, 0.3) is 0 Å². The monoisotopic (exact) mass is 431 g/mol. The van der Waals surface area contributed by atoms with Crippen LogP contribution < -0.4 is 10.6 Å². The first-order valence-electron chi connectivity index (χ1n) is 10.4. The van der Waals surface area contributed by atoms with Crippen molar-refractivity contribution in [2.75, 3.05) is 43.6 Å². The minimum absolute atomic E-state index is 0.0894. The summed E-state index contributed by atoms with van der Waals surface area (Å²) in [4.78, 5) is 25.7. The van der Waals surface area contributed by atoms with Crippen molar-refractivity contribution in [1.29, 1.82) is 0 Å². The van der Waals surface area contributed by atoms with E-state index in [1.54, 1.807) is 18.5 Å². The SMILES string of the molecule is O=C(Nc1cc(-c2cncc(NCC3CCOCC3)n2)c(Cl)cn1)C1CCCOC1. The number of hydrogen-bond acceptors (Lipinski definition) is 7. The summed E-state index contributed by atoms with van der Waals surface area (Å²) in [5, 5.41) is 6.68. The Balaban J connectivity index is 1.45. The van der Waals surface area contributed by atoms with E-state index in [0.717, 1.165) is 45.4 Å². The number of aromatic nitrogens is 3. The van der Waals surface area contributed by atoms with E-state index in [1.165, 1.54) is 6.20 Å². The number of rotatable bonds is 6. The number of nitrogens with one attached hydrogen (secondary N) is 2. The third-order valence-corrected chi connectivity index (χ3v) is 5.76. The van der Waals surface area contributed by atoms with Crippen LogP contribution in [0.2, 0.25) is 5.02 Å². The smallest absolute Gasteiger partial charge is 0.230 e. The van der Waals surface area contributed by atoms with Gasteiger partial charge in [0, 0.05) is 38.1 Å². The Morgan fingerprint density at radius 3 is 2.77 bits per heavy atom. The van der Waals surface area contributed by atoms with Crippen molar-refractivity contribution in [3.8, 4) is 11.3 Å². The summed E-state index contributed by atoms with van der Waals surface area (Å²) in [6.07, 6.45) is 8.68. The van der Waals surface area contributed by atoms with Crippen molar-refractivity contribution in [3.63, 3.8) is 0 Å². The Hall–Kier alpha value is -2.29. The van der Waals surface area contributed by atoms with E-state index in [9.17, 15) is 4.79 Å². The van der Waals surface area contributed by atoms with Gasteiger partial charge in [0.05, 0.1) is 35.6 Å². The summed E-state index contributed by atoms with van der Waals surface area (Å²) in [5.74, 6) is 1.45. The number of carbonyl (C=O) groups is 1. The normalized spacial score (nSPS) is 20.0. The second-order valence-corrected chi connectivity index (χ2v) is 8.09. The molecule has 1 amide bonds. The molecule has 0 spiro atoms. The first-order chi connectivity index (χ1) is 14.7. The Morgan fingerprint density at radius 1 is 1.10 bits per heavy atom. The number of nitrogens with zero attached hydrogens (tertiary/aromatic N) is 3. The van der Waals surface area contributed by atoms with Crippen LogP contribution in [0.15, 0.2) is 24.7 Å². The van der Waals surface area contributed by atoms with Crippen molar-refractivity contribution < 1.29 is 14.3 Å². The molecule has 1 unspecified atom stereocenters. The lowest BCUT2D eigenvalue weighted by atomic mass is 10.0. The van der Waals surface area contributed by atoms with Gasteiger partial charge in [-0.05, 0) is 37.7 Å². The maximum atomic E-state index is 12.5. The molecule has 2 aromatic heterocycles. The quantitative estimate of drug-likeness (QED) is 0.723. The lowest BCUT2D eigenvalue weighted by Gasteiger charge is -2.22. The van der Waals surface area contributed by atoms with Gasteiger partial charge in [-0.25, -0.2) is 9.97 Å². The zero-order valence-electron chi connectivity index (χ0n) is 16.8. The minimum Gasteiger partial charge on any atom is -0.381 e. The van der Waals surface area contributed by atoms with E-state index in [-0.39, 0.29) is 11.8 Å². The molecule has 9 heteroatoms. The van der Waals surface area contributed by atoms with Crippen molar-refractivity contribution >= 4 is 29.1 Å². The van der Waals surface area contributed by atoms with Crippen LogP contribution in [0.3, 0.4) is 0 Å². The van der Waals surface area contributed by atoms with Gasteiger partial charge in [-0.2, -0.15) is 0 Å². The molecule has 4 heterocycles. The highest BCUT2D eigenvalue weighted by Crippen LogP contribution is 2.29. The highest BCUT2D eigenvalue weighted by atomic mass is 35.5. The largest absolute Gasteiger partial charge is 0.381 e. The molecule has 0 radical (unpaired) electrons. The van der Waals surface area contributed by atoms with Crippen LogP contribution in [-0.4, -0.2) is 53.8 Å². The van der Waals surface area contributed by atoms with Crippen LogP contribution in [0, 0.1) is 11.8 Å². The number of ether oxygens (including phenoxy) is 2. The molecule has 8 nitrogen and oxygen atoms in total. The highest BCUT2D eigenvalue weighted by molar-refractivity contribution is 6.33. The summed E-state index contributed by atoms with van der Waals surface area (Å²) in [7, 11) is 0. The first-order valence-corrected chi connectivity index (χ1v) is 10.7. The van der Waals surface area contributed by atoms with Crippen molar-refractivity contribution in [1.82, 2.24) is 15.0 Å². The molecule has 2 saturated heterocycles. The number of hydrogen-bond donors (Lipinski definition) is 2. The van der Waals surface area contributed by atoms with E-state index >= 15 is 0 Å². The Labute approximate surface area is 180 Å². The van der Waals surface area contributed by atoms with Crippen molar-refractivity contribution in [2.45, 2.75) is 25.7 Å². The lowest BCUT2D eigenvalue weighted by molar-refractivity contribution is -0.123. The molecule has 30 heavy (non-hydrogen) atoms. The lowest BCUT2D eigenvalue weighted by Crippen LogP contribution is -2.30. The van der Waals surface area contributed by atoms with E-state index in [2.05, 4.69) is 25.6 Å². The van der Waals surface area contributed by atoms with Crippen molar-refractivity contribution in [3.05, 3.63) is 29.7 Å². The van der Waals surface area contributed by atoms with Gasteiger partial charge in [0.2, 0.25) is 5.91 Å². The molecule has 2 aromatic rings. The van der Waals surface area contributed by atoms with E-state index in [4.69, 9.17) is 21.1 Å². The molecule has 4 rings (SSSR count). The van der Waals surface area contributed by atoms with E-state index < -0.39 is 0 Å². The fourth-order valence-corrected chi connectivity index (χ4v) is 3.86. The molecule has 1 atom stereocenters. The predicted octanol–water partition coefficient (Wildman–Crippen LogP) is 3.40. The molecule has 0 bridgehead atoms. The maximum absolute atomic E-state index is 12.5. The van der Waals surface area contributed by atoms with Gasteiger partial charge in [-0.15, -0.1) is 0 Å². The molecule has 2 fully saturated rings. The van der Waals surface area contributed by atoms with Gasteiger partial charge in [-0.1, -0.05) is 11.6 Å². The average molecular weight is 432 g/mol. The average Bonchev–Trinajstić information content (AvgIpc) is 2.80. The fourth-order valence-electron chi connectivity index (χ4n) is 3.66. The molecular formula is C21H26ClN5O3. The van der Waals surface area contributed by atoms with Crippen LogP contribution in [0.4, 0.5) is 11.6 Å². The van der Waals surface area contributed by atoms with Crippen LogP contribution >= 0.6 is 11.6 Å². The van der Waals surface area contributed by atoms with Gasteiger partial charge >= 0.3 is 0 Å². The van der Waals surface area contributed by atoms with Crippen LogP contribution in [0.5, 0.6) is 0 Å². The number of amides is 1. The Morgan fingerprint density at radius 2 is 1.97 bits per heavy atom. The molecule has 2 N–H and O–H groups in total. The summed E-state index contributed by atoms with van der Waals surface area (Å²) in [5.41, 5.74) is 1.29. The summed E-state index contributed by atoms with van der Waals surface area (Å²) in [6, 6.07) is 1.73. The van der Waals surface area contributed by atoms with Gasteiger partial charge < -0.3 is 20.1 Å². The number of pyridine rings is 1. The van der Waals surface area contributed by atoms with Gasteiger partial charge in [0.15, 0.2) is 0 Å². The van der Waals surface area contributed by atoms with Crippen LogP contribution in [0.1, 0.15) is 25.7 Å². The summed E-state index contributed by atoms with van der Waals surface area (Å²) >= 11 is 6.37.